The van der Waals surface area contributed by atoms with Crippen molar-refractivity contribution in [2.75, 3.05) is 20.1 Å². The van der Waals surface area contributed by atoms with Gasteiger partial charge in [-0.15, -0.1) is 0 Å². The number of rotatable bonds is 6. The molecule has 0 atom stereocenters. The Bertz CT molecular complexity index is 433. The van der Waals surface area contributed by atoms with E-state index in [1.807, 2.05) is 7.05 Å². The van der Waals surface area contributed by atoms with E-state index in [0.29, 0.717) is 5.41 Å². The summed E-state index contributed by atoms with van der Waals surface area (Å²) in [6, 6.07) is 10.8. The Morgan fingerprint density at radius 1 is 1.20 bits per heavy atom. The first-order chi connectivity index (χ1) is 9.66. The fourth-order valence-electron chi connectivity index (χ4n) is 2.46. The second-order valence-corrected chi connectivity index (χ2v) is 6.18. The molecule has 3 nitrogen and oxygen atoms in total. The Labute approximate surface area is 122 Å². The normalized spacial score (nSPS) is 17.1. The van der Waals surface area contributed by atoms with Gasteiger partial charge in [0.2, 0.25) is 0 Å². The van der Waals surface area contributed by atoms with E-state index in [1.165, 1.54) is 24.8 Å². The lowest BCUT2D eigenvalue weighted by Gasteiger charge is -2.19. The van der Waals surface area contributed by atoms with Crippen LogP contribution in [0.15, 0.2) is 35.3 Å². The first-order valence-corrected chi connectivity index (χ1v) is 7.66. The standard InChI is InChI=1S/C17H27N3/c1-14(2)9-12-19-16(18-3)20-13-17(10-11-17)15-7-5-4-6-8-15/h4-8,14H,9-13H2,1-3H3,(H2,18,19,20). The molecule has 0 aliphatic heterocycles. The number of hydrogen-bond donors (Lipinski definition) is 2. The molecular formula is C17H27N3. The van der Waals surface area contributed by atoms with Gasteiger partial charge in [0.15, 0.2) is 5.96 Å². The molecule has 2 rings (SSSR count). The molecule has 110 valence electrons. The zero-order valence-electron chi connectivity index (χ0n) is 12.9. The van der Waals surface area contributed by atoms with Crippen molar-refractivity contribution < 1.29 is 0 Å². The molecule has 0 spiro atoms. The van der Waals surface area contributed by atoms with Crippen LogP contribution in [0.5, 0.6) is 0 Å². The molecule has 20 heavy (non-hydrogen) atoms. The van der Waals surface area contributed by atoms with Gasteiger partial charge in [0.05, 0.1) is 0 Å². The van der Waals surface area contributed by atoms with Gasteiger partial charge in [0.1, 0.15) is 0 Å². The molecule has 0 heterocycles. The largest absolute Gasteiger partial charge is 0.356 e. The number of nitrogens with one attached hydrogen (secondary N) is 2. The second kappa shape index (κ2) is 6.78. The monoisotopic (exact) mass is 273 g/mol. The average molecular weight is 273 g/mol. The molecule has 0 aromatic heterocycles. The van der Waals surface area contributed by atoms with Crippen molar-refractivity contribution in [3.63, 3.8) is 0 Å². The number of aliphatic imine (C=N–C) groups is 1. The zero-order valence-corrected chi connectivity index (χ0v) is 12.9. The second-order valence-electron chi connectivity index (χ2n) is 6.18. The minimum atomic E-state index is 0.330. The minimum Gasteiger partial charge on any atom is -0.356 e. The number of hydrogen-bond acceptors (Lipinski definition) is 1. The summed E-state index contributed by atoms with van der Waals surface area (Å²) in [6.07, 6.45) is 3.71. The zero-order chi connectivity index (χ0) is 14.4. The van der Waals surface area contributed by atoms with E-state index in [4.69, 9.17) is 0 Å². The first-order valence-electron chi connectivity index (χ1n) is 7.66. The summed E-state index contributed by atoms with van der Waals surface area (Å²) in [7, 11) is 1.84. The van der Waals surface area contributed by atoms with Gasteiger partial charge in [0.25, 0.3) is 0 Å². The lowest BCUT2D eigenvalue weighted by atomic mass is 9.96. The lowest BCUT2D eigenvalue weighted by Crippen LogP contribution is -2.41. The van der Waals surface area contributed by atoms with Crippen LogP contribution in [0.25, 0.3) is 0 Å². The fraction of sp³-hybridized carbons (Fsp3) is 0.588. The highest BCUT2D eigenvalue weighted by molar-refractivity contribution is 5.79. The van der Waals surface area contributed by atoms with E-state index in [1.54, 1.807) is 0 Å². The molecule has 0 saturated heterocycles. The van der Waals surface area contributed by atoms with E-state index in [9.17, 15) is 0 Å². The summed E-state index contributed by atoms with van der Waals surface area (Å²) in [6.45, 7) is 6.44. The van der Waals surface area contributed by atoms with Crippen LogP contribution in [0.3, 0.4) is 0 Å². The topological polar surface area (TPSA) is 36.4 Å². The van der Waals surface area contributed by atoms with Crippen molar-refractivity contribution in [3.8, 4) is 0 Å². The Morgan fingerprint density at radius 3 is 2.45 bits per heavy atom. The molecule has 1 aromatic carbocycles. The summed E-state index contributed by atoms with van der Waals surface area (Å²) in [5.74, 6) is 1.65. The van der Waals surface area contributed by atoms with Crippen molar-refractivity contribution in [1.82, 2.24) is 10.6 Å². The number of guanidine groups is 1. The van der Waals surface area contributed by atoms with Gasteiger partial charge in [-0.1, -0.05) is 44.2 Å². The molecule has 1 saturated carbocycles. The molecule has 2 N–H and O–H groups in total. The highest BCUT2D eigenvalue weighted by Crippen LogP contribution is 2.47. The fourth-order valence-corrected chi connectivity index (χ4v) is 2.46. The van der Waals surface area contributed by atoms with Crippen molar-refractivity contribution in [3.05, 3.63) is 35.9 Å². The SMILES string of the molecule is CN=C(NCCC(C)C)NCC1(c2ccccc2)CC1. The maximum atomic E-state index is 4.30. The number of benzene rings is 1. The van der Waals surface area contributed by atoms with Crippen LogP contribution >= 0.6 is 0 Å². The van der Waals surface area contributed by atoms with Crippen LogP contribution in [0.2, 0.25) is 0 Å². The average Bonchev–Trinajstić information content (AvgIpc) is 3.24. The third-order valence-corrected chi connectivity index (χ3v) is 4.07. The maximum Gasteiger partial charge on any atom is 0.191 e. The van der Waals surface area contributed by atoms with E-state index in [2.05, 4.69) is 59.8 Å². The van der Waals surface area contributed by atoms with E-state index in [0.717, 1.165) is 25.0 Å². The van der Waals surface area contributed by atoms with Crippen molar-refractivity contribution in [1.29, 1.82) is 0 Å². The summed E-state index contributed by atoms with van der Waals surface area (Å²) < 4.78 is 0. The van der Waals surface area contributed by atoms with E-state index in [-0.39, 0.29) is 0 Å². The van der Waals surface area contributed by atoms with Crippen molar-refractivity contribution in [2.24, 2.45) is 10.9 Å². The molecule has 0 radical (unpaired) electrons. The van der Waals surface area contributed by atoms with Gasteiger partial charge >= 0.3 is 0 Å². The third-order valence-electron chi connectivity index (χ3n) is 4.07. The summed E-state index contributed by atoms with van der Waals surface area (Å²) >= 11 is 0. The third kappa shape index (κ3) is 3.99. The van der Waals surface area contributed by atoms with Gasteiger partial charge in [0, 0.05) is 25.6 Å². The van der Waals surface area contributed by atoms with Gasteiger partial charge < -0.3 is 10.6 Å². The Kier molecular flexibility index (Phi) is 5.05. The Hall–Kier alpha value is -1.51. The molecule has 1 fully saturated rings. The molecule has 1 aliphatic rings. The molecule has 0 amide bonds. The minimum absolute atomic E-state index is 0.330. The van der Waals surface area contributed by atoms with E-state index >= 15 is 0 Å². The van der Waals surface area contributed by atoms with Crippen molar-refractivity contribution >= 4 is 5.96 Å². The maximum absolute atomic E-state index is 4.30. The van der Waals surface area contributed by atoms with E-state index < -0.39 is 0 Å². The predicted molar refractivity (Wildman–Crippen MR) is 86.2 cm³/mol. The molecule has 3 heteroatoms. The molecular weight excluding hydrogens is 246 g/mol. The summed E-state index contributed by atoms with van der Waals surface area (Å²) in [5, 5.41) is 6.87. The van der Waals surface area contributed by atoms with Gasteiger partial charge in [-0.2, -0.15) is 0 Å². The van der Waals surface area contributed by atoms with Crippen molar-refractivity contribution in [2.45, 2.75) is 38.5 Å². The van der Waals surface area contributed by atoms with Crippen LogP contribution in [0, 0.1) is 5.92 Å². The van der Waals surface area contributed by atoms with Gasteiger partial charge in [-0.25, -0.2) is 0 Å². The highest BCUT2D eigenvalue weighted by Gasteiger charge is 2.43. The van der Waals surface area contributed by atoms with Crippen LogP contribution in [0.1, 0.15) is 38.7 Å². The van der Waals surface area contributed by atoms with Crippen LogP contribution in [-0.2, 0) is 5.41 Å². The van der Waals surface area contributed by atoms with Gasteiger partial charge in [-0.05, 0) is 30.7 Å². The van der Waals surface area contributed by atoms with Crippen LogP contribution in [-0.4, -0.2) is 26.1 Å². The van der Waals surface area contributed by atoms with Crippen LogP contribution in [0.4, 0.5) is 0 Å². The lowest BCUT2D eigenvalue weighted by molar-refractivity contribution is 0.569. The van der Waals surface area contributed by atoms with Gasteiger partial charge in [-0.3, -0.25) is 4.99 Å². The Morgan fingerprint density at radius 2 is 1.90 bits per heavy atom. The quantitative estimate of drug-likeness (QED) is 0.617. The first kappa shape index (κ1) is 14.9. The molecule has 0 unspecified atom stereocenters. The Balaban J connectivity index is 1.82. The smallest absolute Gasteiger partial charge is 0.191 e. The summed E-state index contributed by atoms with van der Waals surface area (Å²) in [4.78, 5) is 4.30. The number of nitrogens with zero attached hydrogens (tertiary/aromatic N) is 1. The molecule has 1 aromatic rings. The van der Waals surface area contributed by atoms with Crippen LogP contribution < -0.4 is 10.6 Å². The molecule has 1 aliphatic carbocycles. The molecule has 0 bridgehead atoms. The summed E-state index contributed by atoms with van der Waals surface area (Å²) in [5.41, 5.74) is 1.78. The predicted octanol–water partition coefficient (Wildman–Crippen LogP) is 2.93. The highest BCUT2D eigenvalue weighted by atomic mass is 15.2.